The number of carbonyl (C=O) groups is 5. The van der Waals surface area contributed by atoms with Crippen LogP contribution in [0.3, 0.4) is 0 Å². The number of rotatable bonds is 104. The zero-order chi connectivity index (χ0) is 109. The lowest BCUT2D eigenvalue weighted by molar-refractivity contribution is -0.377. The van der Waals surface area contributed by atoms with Crippen LogP contribution >= 0.6 is 0 Å². The van der Waals surface area contributed by atoms with Gasteiger partial charge in [-0.05, 0) is 107 Å². The van der Waals surface area contributed by atoms with Gasteiger partial charge < -0.3 is 53.2 Å². The second kappa shape index (κ2) is 97.3. The highest BCUT2D eigenvalue weighted by Gasteiger charge is 2.56. The van der Waals surface area contributed by atoms with Crippen LogP contribution in [0, 0.1) is 47.3 Å². The smallest absolute Gasteiger partial charge is 0.333 e. The van der Waals surface area contributed by atoms with E-state index in [4.69, 9.17) is 37.9 Å². The maximum Gasteiger partial charge on any atom is 0.333 e. The Morgan fingerprint density at radius 2 is 0.456 bits per heavy atom. The highest BCUT2D eigenvalue weighted by atomic mass is 16.8. The van der Waals surface area contributed by atoms with E-state index in [1.54, 1.807) is 27.7 Å². The molecule has 2 saturated heterocycles. The Morgan fingerprint density at radius 1 is 0.248 bits per heavy atom. The van der Waals surface area contributed by atoms with Gasteiger partial charge in [0.1, 0.15) is 31.0 Å². The summed E-state index contributed by atoms with van der Waals surface area (Å²) in [4.78, 5) is 74.2. The Hall–Kier alpha value is -3.93. The molecule has 16 nitrogen and oxygen atoms in total. The van der Waals surface area contributed by atoms with Gasteiger partial charge in [0.05, 0.1) is 6.61 Å². The SMILES string of the molecule is CCCCCCCCCCCCCCCCCCC[C@H](C)C[C@H](C)/C=C(\C)C(=O)OC1[C@H](O)C(COC(=O)/C(C)=C/[C@@H](C)C[C@@H](C)CCCCCCCCCCCCCCCC)O[C@H](O[C@H]2OC(CO)[C@@H](OC(=O)/C(C)=C/[C@@H](C)C[C@@H](C)CCCCCCCCCCCCCCCC)C(O)[C@@H]2OC(=O)/C(C)=C/[C@@H](C)C[C@@H](C)CCCCCCCCCCCCCCCC)[C@@H]1OC(=O)CCCCCCCCCCCCCCCCC. The van der Waals surface area contributed by atoms with Crippen molar-refractivity contribution in [2.45, 2.75) is 712 Å². The third-order valence-corrected chi connectivity index (χ3v) is 32.5. The predicted octanol–water partition coefficient (Wildman–Crippen LogP) is 38.7. The minimum absolute atomic E-state index is 0.00141. The van der Waals surface area contributed by atoms with Crippen LogP contribution < -0.4 is 0 Å². The summed E-state index contributed by atoms with van der Waals surface area (Å²) >= 11 is 0. The summed E-state index contributed by atoms with van der Waals surface area (Å²) in [6, 6.07) is 0. The van der Waals surface area contributed by atoms with Crippen LogP contribution in [0.2, 0.25) is 0 Å². The molecule has 2 heterocycles. The van der Waals surface area contributed by atoms with E-state index in [1.807, 2.05) is 24.3 Å². The fourth-order valence-corrected chi connectivity index (χ4v) is 23.3. The van der Waals surface area contributed by atoms with Crippen molar-refractivity contribution in [3.05, 3.63) is 46.6 Å². The van der Waals surface area contributed by atoms with Crippen molar-refractivity contribution in [3.63, 3.8) is 0 Å². The number of aliphatic hydroxyl groups is 3. The first-order chi connectivity index (χ1) is 72.2. The second-order valence-corrected chi connectivity index (χ2v) is 48.5. The summed E-state index contributed by atoms with van der Waals surface area (Å²) in [5.41, 5.74) is 1.18. The molecule has 0 amide bonds. The minimum Gasteiger partial charge on any atom is -0.459 e. The number of hydrogen-bond donors (Lipinski definition) is 3. The summed E-state index contributed by atoms with van der Waals surface area (Å²) in [5, 5.41) is 37.6. The fraction of sp³-hybridized carbons (Fsp3) is 0.902. The lowest BCUT2D eigenvalue weighted by Gasteiger charge is -2.47. The number of hydrogen-bond acceptors (Lipinski definition) is 16. The van der Waals surface area contributed by atoms with Crippen molar-refractivity contribution in [2.24, 2.45) is 47.3 Å². The highest BCUT2D eigenvalue weighted by molar-refractivity contribution is 5.89. The van der Waals surface area contributed by atoms with E-state index >= 15 is 9.59 Å². The average molecular weight is 2100 g/mol. The highest BCUT2D eigenvalue weighted by Crippen LogP contribution is 2.38. The van der Waals surface area contributed by atoms with Crippen LogP contribution in [0.5, 0.6) is 0 Å². The first kappa shape index (κ1) is 141. The van der Waals surface area contributed by atoms with E-state index in [9.17, 15) is 29.7 Å². The molecule has 16 heteroatoms. The standard InChI is InChI=1S/C133H246O16/c1-18-23-28-33-38-43-48-53-58-59-61-65-70-75-80-84-89-94-109(8)99-113(12)103-117(16)130(140)147-125-122(136)120(106-142-128(138)115(14)101-111(10)97-107(6)92-87-82-77-72-67-62-55-50-45-40-35-30-25-20-3)144-133(127(125)145-121(135)96-91-86-81-76-71-66-60-54-49-44-39-34-29-24-19-2)149-132-126(148-131(141)118(17)104-114(13)100-110(9)95-90-85-79-74-69-64-57-52-47-42-37-32-27-22-5)123(137)124(119(105-134)143-132)146-129(139)116(15)102-112(11)98-108(7)93-88-83-78-73-68-63-56-51-46-41-36-31-26-21-4/h101-104,107-114,119-120,122-127,132-134,136-137H,18-100,105-106H2,1-17H3/b115-101+,116-102+,117-103+,118-104+/t107-,108-,109-,110-,111-,112-,113-,114-,119?,120?,122+,123?,124+,125?,126-,127+,132+,133+/m0/s1. The van der Waals surface area contributed by atoms with Gasteiger partial charge in [-0.2, -0.15) is 0 Å². The molecular formula is C133H246O16. The number of esters is 5. The summed E-state index contributed by atoms with van der Waals surface area (Å²) in [6.45, 7) is 34.2. The molecule has 2 aliphatic heterocycles. The maximum atomic E-state index is 15.1. The molecular weight excluding hydrogens is 1850 g/mol. The summed E-state index contributed by atoms with van der Waals surface area (Å²) < 4.78 is 52.3. The maximum absolute atomic E-state index is 15.1. The number of unbranched alkanes of at least 4 members (excludes halogenated alkanes) is 69. The Bertz CT molecular complexity index is 3250. The second-order valence-electron chi connectivity index (χ2n) is 48.5. The van der Waals surface area contributed by atoms with Crippen molar-refractivity contribution in [3.8, 4) is 0 Å². The molecule has 18 atom stereocenters. The van der Waals surface area contributed by atoms with Crippen LogP contribution in [0.4, 0.5) is 0 Å². The Kier molecular flexibility index (Phi) is 92.2. The van der Waals surface area contributed by atoms with Gasteiger partial charge in [0.15, 0.2) is 24.4 Å². The normalized spacial score (nSPS) is 20.1. The summed E-state index contributed by atoms with van der Waals surface area (Å²) in [7, 11) is 0. The lowest BCUT2D eigenvalue weighted by atomic mass is 9.91. The zero-order valence-corrected chi connectivity index (χ0v) is 101. The van der Waals surface area contributed by atoms with Crippen molar-refractivity contribution < 1.29 is 77.2 Å². The molecule has 0 aromatic carbocycles. The van der Waals surface area contributed by atoms with Gasteiger partial charge in [0.2, 0.25) is 12.6 Å². The van der Waals surface area contributed by atoms with Gasteiger partial charge in [-0.3, -0.25) is 4.79 Å². The molecule has 4 unspecified atom stereocenters. The van der Waals surface area contributed by atoms with Gasteiger partial charge in [0.25, 0.3) is 0 Å². The molecule has 149 heavy (non-hydrogen) atoms. The van der Waals surface area contributed by atoms with E-state index in [0.717, 1.165) is 103 Å². The monoisotopic (exact) mass is 2100 g/mol. The van der Waals surface area contributed by atoms with E-state index in [1.165, 1.54) is 417 Å². The fourth-order valence-electron chi connectivity index (χ4n) is 23.3. The molecule has 2 fully saturated rings. The molecule has 0 aliphatic carbocycles. The number of carbonyl (C=O) groups excluding carboxylic acids is 5. The van der Waals surface area contributed by atoms with Crippen molar-refractivity contribution in [1.29, 1.82) is 0 Å². The van der Waals surface area contributed by atoms with Crippen LogP contribution in [0.15, 0.2) is 46.6 Å². The topological polar surface area (TPSA) is 220 Å². The molecule has 3 N–H and O–H groups in total. The first-order valence-electron chi connectivity index (χ1n) is 64.9. The van der Waals surface area contributed by atoms with Crippen LogP contribution in [0.1, 0.15) is 651 Å². The summed E-state index contributed by atoms with van der Waals surface area (Å²) in [6.07, 6.45) is 92.2. The van der Waals surface area contributed by atoms with Crippen LogP contribution in [-0.2, 0) is 61.9 Å². The quantitative estimate of drug-likeness (QED) is 0.0223. The largest absolute Gasteiger partial charge is 0.459 e. The van der Waals surface area contributed by atoms with Gasteiger partial charge in [-0.15, -0.1) is 0 Å². The van der Waals surface area contributed by atoms with Gasteiger partial charge in [-0.1, -0.05) is 609 Å². The Morgan fingerprint density at radius 3 is 0.705 bits per heavy atom. The van der Waals surface area contributed by atoms with Crippen molar-refractivity contribution >= 4 is 29.8 Å². The Labute approximate surface area is 920 Å². The van der Waals surface area contributed by atoms with E-state index in [2.05, 4.69) is 90.0 Å². The van der Waals surface area contributed by atoms with E-state index in [-0.39, 0.29) is 41.2 Å². The minimum atomic E-state index is -1.92. The van der Waals surface area contributed by atoms with Crippen molar-refractivity contribution in [1.82, 2.24) is 0 Å². The molecule has 0 aromatic heterocycles. The molecule has 2 aliphatic rings. The number of allylic oxidation sites excluding steroid dienone is 4. The molecule has 0 saturated carbocycles. The predicted molar refractivity (Wildman–Crippen MR) is 628 cm³/mol. The zero-order valence-electron chi connectivity index (χ0n) is 101. The molecule has 0 radical (unpaired) electrons. The van der Waals surface area contributed by atoms with Gasteiger partial charge in [0, 0.05) is 28.7 Å². The molecule has 0 aromatic rings. The Balaban J connectivity index is 2.71. The average Bonchev–Trinajstić information content (AvgIpc) is 0.768. The third-order valence-electron chi connectivity index (χ3n) is 32.5. The third kappa shape index (κ3) is 76.4. The summed E-state index contributed by atoms with van der Waals surface area (Å²) in [5.74, 6) is -2.16. The van der Waals surface area contributed by atoms with E-state index < -0.39 is 104 Å². The molecule has 2 rings (SSSR count). The van der Waals surface area contributed by atoms with Crippen LogP contribution in [0.25, 0.3) is 0 Å². The van der Waals surface area contributed by atoms with E-state index in [0.29, 0.717) is 41.2 Å². The molecule has 0 bridgehead atoms. The van der Waals surface area contributed by atoms with Crippen molar-refractivity contribution in [2.75, 3.05) is 13.2 Å². The molecule has 0 spiro atoms. The number of aliphatic hydroxyl groups excluding tert-OH is 3. The van der Waals surface area contributed by atoms with Gasteiger partial charge >= 0.3 is 29.8 Å². The first-order valence-corrected chi connectivity index (χ1v) is 64.9. The van der Waals surface area contributed by atoms with Gasteiger partial charge in [-0.25, -0.2) is 19.2 Å². The number of ether oxygens (including phenoxy) is 8. The lowest BCUT2D eigenvalue weighted by Crippen LogP contribution is -2.66. The van der Waals surface area contributed by atoms with Crippen LogP contribution in [-0.4, -0.2) is 120 Å². The molecule has 874 valence electrons.